The van der Waals surface area contributed by atoms with Crippen LogP contribution < -0.4 is 5.32 Å². The van der Waals surface area contributed by atoms with E-state index in [0.29, 0.717) is 15.4 Å². The molecular formula is C16H15Br2NO2. The second-order valence-corrected chi connectivity index (χ2v) is 6.37. The molecule has 5 heteroatoms. The summed E-state index contributed by atoms with van der Waals surface area (Å²) in [7, 11) is 0. The van der Waals surface area contributed by atoms with E-state index in [2.05, 4.69) is 37.2 Å². The van der Waals surface area contributed by atoms with Crippen molar-refractivity contribution in [3.05, 3.63) is 64.1 Å². The van der Waals surface area contributed by atoms with Crippen LogP contribution in [0.4, 0.5) is 0 Å². The summed E-state index contributed by atoms with van der Waals surface area (Å²) < 4.78 is 0.561. The van der Waals surface area contributed by atoms with E-state index in [0.717, 1.165) is 5.56 Å². The summed E-state index contributed by atoms with van der Waals surface area (Å²) >= 11 is 6.67. The number of phenols is 1. The van der Waals surface area contributed by atoms with Gasteiger partial charge in [-0.05, 0) is 46.6 Å². The molecule has 2 aromatic rings. The van der Waals surface area contributed by atoms with Crippen molar-refractivity contribution in [1.82, 2.24) is 5.32 Å². The van der Waals surface area contributed by atoms with Crippen LogP contribution in [0, 0.1) is 0 Å². The number of phenolic OH excluding ortho intramolecular Hbond substituents is 1. The second kappa shape index (κ2) is 6.62. The Hall–Kier alpha value is -1.33. The van der Waals surface area contributed by atoms with Crippen molar-refractivity contribution in [2.45, 2.75) is 12.5 Å². The number of benzene rings is 2. The quantitative estimate of drug-likeness (QED) is 0.739. The van der Waals surface area contributed by atoms with E-state index in [1.165, 1.54) is 6.07 Å². The molecule has 21 heavy (non-hydrogen) atoms. The molecule has 0 spiro atoms. The normalized spacial score (nSPS) is 13.5. The highest BCUT2D eigenvalue weighted by Gasteiger charge is 2.27. The molecule has 1 amide bonds. The van der Waals surface area contributed by atoms with Gasteiger partial charge in [-0.1, -0.05) is 46.3 Å². The summed E-state index contributed by atoms with van der Waals surface area (Å²) in [6.45, 7) is 1.95. The lowest BCUT2D eigenvalue weighted by atomic mass is 9.94. The van der Waals surface area contributed by atoms with Crippen molar-refractivity contribution in [3.63, 3.8) is 0 Å². The lowest BCUT2D eigenvalue weighted by Gasteiger charge is -2.29. The fourth-order valence-corrected chi connectivity index (χ4v) is 2.68. The Morgan fingerprint density at radius 2 is 1.90 bits per heavy atom. The first-order valence-corrected chi connectivity index (χ1v) is 8.30. The Labute approximate surface area is 140 Å². The largest absolute Gasteiger partial charge is 0.507 e. The molecule has 2 N–H and O–H groups in total. The van der Waals surface area contributed by atoms with Gasteiger partial charge < -0.3 is 10.4 Å². The maximum Gasteiger partial charge on any atom is 0.252 e. The summed E-state index contributed by atoms with van der Waals surface area (Å²) in [6, 6.07) is 14.5. The average molecular weight is 413 g/mol. The first-order chi connectivity index (χ1) is 9.96. The van der Waals surface area contributed by atoms with E-state index in [4.69, 9.17) is 0 Å². The Morgan fingerprint density at radius 3 is 2.48 bits per heavy atom. The molecule has 0 fully saturated rings. The van der Waals surface area contributed by atoms with Gasteiger partial charge in [0.05, 0.1) is 10.0 Å². The topological polar surface area (TPSA) is 49.3 Å². The minimum Gasteiger partial charge on any atom is -0.507 e. The van der Waals surface area contributed by atoms with Crippen LogP contribution in [0.25, 0.3) is 0 Å². The molecule has 0 radical (unpaired) electrons. The van der Waals surface area contributed by atoms with E-state index in [9.17, 15) is 9.90 Å². The minimum atomic E-state index is -0.527. The highest BCUT2D eigenvalue weighted by Crippen LogP contribution is 2.26. The summed E-state index contributed by atoms with van der Waals surface area (Å²) in [5.41, 5.74) is 0.900. The smallest absolute Gasteiger partial charge is 0.252 e. The Kier molecular flexibility index (Phi) is 5.06. The highest BCUT2D eigenvalue weighted by molar-refractivity contribution is 9.10. The van der Waals surface area contributed by atoms with E-state index < -0.39 is 5.54 Å². The lowest BCUT2D eigenvalue weighted by Crippen LogP contribution is -2.44. The van der Waals surface area contributed by atoms with Crippen LogP contribution in [0.3, 0.4) is 0 Å². The maximum absolute atomic E-state index is 12.4. The molecule has 0 saturated carbocycles. The first-order valence-electron chi connectivity index (χ1n) is 6.39. The van der Waals surface area contributed by atoms with Crippen LogP contribution in [0.15, 0.2) is 53.0 Å². The van der Waals surface area contributed by atoms with Gasteiger partial charge in [-0.2, -0.15) is 0 Å². The third kappa shape index (κ3) is 3.66. The van der Waals surface area contributed by atoms with Crippen molar-refractivity contribution in [2.75, 3.05) is 5.33 Å². The Morgan fingerprint density at radius 1 is 1.24 bits per heavy atom. The summed E-state index contributed by atoms with van der Waals surface area (Å²) in [4.78, 5) is 12.4. The van der Waals surface area contributed by atoms with Crippen LogP contribution >= 0.6 is 31.9 Å². The number of hydrogen-bond acceptors (Lipinski definition) is 2. The lowest BCUT2D eigenvalue weighted by molar-refractivity contribution is 0.0913. The number of amides is 1. The molecule has 0 aliphatic heterocycles. The molecule has 0 heterocycles. The predicted octanol–water partition coefficient (Wildman–Crippen LogP) is 4.19. The fourth-order valence-electron chi connectivity index (χ4n) is 1.97. The molecule has 1 atom stereocenters. The van der Waals surface area contributed by atoms with Gasteiger partial charge in [0.1, 0.15) is 5.75 Å². The Balaban J connectivity index is 2.26. The number of alkyl halides is 1. The van der Waals surface area contributed by atoms with Crippen molar-refractivity contribution < 1.29 is 9.90 Å². The molecule has 2 aromatic carbocycles. The molecule has 1 unspecified atom stereocenters. The Bertz CT molecular complexity index is 646. The van der Waals surface area contributed by atoms with Crippen LogP contribution in [0.5, 0.6) is 5.75 Å². The van der Waals surface area contributed by atoms with Crippen LogP contribution in [-0.4, -0.2) is 16.3 Å². The van der Waals surface area contributed by atoms with Crippen LogP contribution in [-0.2, 0) is 5.54 Å². The number of carbonyl (C=O) groups is 1. The number of nitrogens with one attached hydrogen (secondary N) is 1. The molecule has 110 valence electrons. The van der Waals surface area contributed by atoms with Gasteiger partial charge in [0.2, 0.25) is 0 Å². The average Bonchev–Trinajstić information content (AvgIpc) is 2.50. The van der Waals surface area contributed by atoms with Crippen molar-refractivity contribution in [2.24, 2.45) is 0 Å². The molecule has 0 bridgehead atoms. The van der Waals surface area contributed by atoms with E-state index in [1.807, 2.05) is 37.3 Å². The fraction of sp³-hybridized carbons (Fsp3) is 0.188. The highest BCUT2D eigenvalue weighted by atomic mass is 79.9. The molecular weight excluding hydrogens is 398 g/mol. The zero-order valence-electron chi connectivity index (χ0n) is 11.4. The zero-order chi connectivity index (χ0) is 15.5. The van der Waals surface area contributed by atoms with Gasteiger partial charge in [-0.25, -0.2) is 0 Å². The SMILES string of the molecule is CC(CBr)(NC(=O)c1ccc(Br)c(O)c1)c1ccccc1. The van der Waals surface area contributed by atoms with Crippen molar-refractivity contribution >= 4 is 37.8 Å². The molecule has 0 aliphatic carbocycles. The maximum atomic E-state index is 12.4. The van der Waals surface area contributed by atoms with Gasteiger partial charge in [-0.15, -0.1) is 0 Å². The van der Waals surface area contributed by atoms with Gasteiger partial charge >= 0.3 is 0 Å². The van der Waals surface area contributed by atoms with Gasteiger partial charge in [0.25, 0.3) is 5.91 Å². The van der Waals surface area contributed by atoms with Gasteiger partial charge in [-0.3, -0.25) is 4.79 Å². The summed E-state index contributed by atoms with van der Waals surface area (Å²) in [5.74, 6) is -0.188. The van der Waals surface area contributed by atoms with E-state index >= 15 is 0 Å². The number of carbonyl (C=O) groups excluding carboxylic acids is 1. The minimum absolute atomic E-state index is 0.0444. The summed E-state index contributed by atoms with van der Waals surface area (Å²) in [5, 5.41) is 13.3. The standard InChI is InChI=1S/C16H15Br2NO2/c1-16(10-17,12-5-3-2-4-6-12)19-15(21)11-7-8-13(18)14(20)9-11/h2-9,20H,10H2,1H3,(H,19,21). The van der Waals surface area contributed by atoms with Crippen LogP contribution in [0.2, 0.25) is 0 Å². The van der Waals surface area contributed by atoms with E-state index in [-0.39, 0.29) is 11.7 Å². The third-order valence-electron chi connectivity index (χ3n) is 3.28. The number of hydrogen-bond donors (Lipinski definition) is 2. The predicted molar refractivity (Wildman–Crippen MR) is 90.9 cm³/mol. The molecule has 0 aromatic heterocycles. The van der Waals surface area contributed by atoms with E-state index in [1.54, 1.807) is 12.1 Å². The molecule has 2 rings (SSSR count). The first kappa shape index (κ1) is 16.0. The van der Waals surface area contributed by atoms with Crippen LogP contribution in [0.1, 0.15) is 22.8 Å². The van der Waals surface area contributed by atoms with Gasteiger partial charge in [0.15, 0.2) is 0 Å². The zero-order valence-corrected chi connectivity index (χ0v) is 14.6. The van der Waals surface area contributed by atoms with Crippen molar-refractivity contribution in [1.29, 1.82) is 0 Å². The third-order valence-corrected chi connectivity index (χ3v) is 5.07. The molecule has 3 nitrogen and oxygen atoms in total. The van der Waals surface area contributed by atoms with Crippen molar-refractivity contribution in [3.8, 4) is 5.75 Å². The number of aromatic hydroxyl groups is 1. The monoisotopic (exact) mass is 411 g/mol. The molecule has 0 aliphatic rings. The number of rotatable bonds is 4. The molecule has 0 saturated heterocycles. The second-order valence-electron chi connectivity index (χ2n) is 4.95. The van der Waals surface area contributed by atoms with Gasteiger partial charge in [0, 0.05) is 10.9 Å². The number of halogens is 2. The summed E-state index contributed by atoms with van der Waals surface area (Å²) in [6.07, 6.45) is 0.